The lowest BCUT2D eigenvalue weighted by Gasteiger charge is -2.30. The molecule has 1 unspecified atom stereocenters. The summed E-state index contributed by atoms with van der Waals surface area (Å²) < 4.78 is 2.39. The van der Waals surface area contributed by atoms with Gasteiger partial charge in [-0.25, -0.2) is 0 Å². The summed E-state index contributed by atoms with van der Waals surface area (Å²) in [6.07, 6.45) is 0. The van der Waals surface area contributed by atoms with Crippen molar-refractivity contribution in [2.75, 3.05) is 0 Å². The highest BCUT2D eigenvalue weighted by molar-refractivity contribution is 6.10. The summed E-state index contributed by atoms with van der Waals surface area (Å²) in [6.45, 7) is 0. The Hall–Kier alpha value is -6.18. The van der Waals surface area contributed by atoms with E-state index in [2.05, 4.69) is 180 Å². The summed E-state index contributed by atoms with van der Waals surface area (Å²) in [5, 5.41) is 5.17. The van der Waals surface area contributed by atoms with Crippen molar-refractivity contribution in [1.82, 2.24) is 4.57 Å². The van der Waals surface area contributed by atoms with E-state index >= 15 is 0 Å². The lowest BCUT2D eigenvalue weighted by atomic mass is 9.70. The fraction of sp³-hybridized carbons (Fsp3) is 0.0213. The molecular weight excluding hydrogens is 579 g/mol. The van der Waals surface area contributed by atoms with Gasteiger partial charge in [0.05, 0.1) is 16.4 Å². The fourth-order valence-electron chi connectivity index (χ4n) is 9.19. The molecule has 48 heavy (non-hydrogen) atoms. The number of fused-ring (bicyclic) bond motifs is 15. The average Bonchev–Trinajstić information content (AvgIpc) is 3.77. The summed E-state index contributed by atoms with van der Waals surface area (Å²) in [6, 6.07) is 65.4. The number of nitrogens with zero attached hydrogens (tertiary/aromatic N) is 1. The van der Waals surface area contributed by atoms with E-state index < -0.39 is 0 Å². The third-order valence-electron chi connectivity index (χ3n) is 11.0. The largest absolute Gasteiger partial charge is 0.309 e. The van der Waals surface area contributed by atoms with Crippen LogP contribution in [0.5, 0.6) is 0 Å². The highest BCUT2D eigenvalue weighted by atomic mass is 15.0. The van der Waals surface area contributed by atoms with E-state index in [0.717, 1.165) is 0 Å². The van der Waals surface area contributed by atoms with Gasteiger partial charge in [-0.3, -0.25) is 0 Å². The summed E-state index contributed by atoms with van der Waals surface area (Å²) in [7, 11) is 0. The molecule has 0 bridgehead atoms. The van der Waals surface area contributed by atoms with Crippen LogP contribution in [0.15, 0.2) is 176 Å². The quantitative estimate of drug-likeness (QED) is 0.184. The SMILES string of the molecule is c1ccc2c(c1)-c1c(-c3ccc(-n4c5ccccc5c5ccccc54)cc3)cccc1C21c2ccccc2-c2c1ccc1ccccc21. The Kier molecular flexibility index (Phi) is 5.10. The highest BCUT2D eigenvalue weighted by Crippen LogP contribution is 2.64. The van der Waals surface area contributed by atoms with Crippen LogP contribution < -0.4 is 0 Å². The Balaban J connectivity index is 1.16. The second kappa shape index (κ2) is 9.44. The Morgan fingerprint density at radius 1 is 0.333 bits per heavy atom. The van der Waals surface area contributed by atoms with Gasteiger partial charge in [0, 0.05) is 16.5 Å². The second-order valence-corrected chi connectivity index (χ2v) is 13.2. The van der Waals surface area contributed by atoms with Gasteiger partial charge in [-0.15, -0.1) is 0 Å². The second-order valence-electron chi connectivity index (χ2n) is 13.2. The normalized spacial score (nSPS) is 15.6. The summed E-state index contributed by atoms with van der Waals surface area (Å²) in [5.74, 6) is 0. The van der Waals surface area contributed by atoms with Crippen LogP contribution in [0.1, 0.15) is 22.3 Å². The number of hydrogen-bond donors (Lipinski definition) is 0. The van der Waals surface area contributed by atoms with Crippen molar-refractivity contribution in [3.63, 3.8) is 0 Å². The summed E-state index contributed by atoms with van der Waals surface area (Å²) in [5.41, 5.74) is 16.6. The average molecular weight is 608 g/mol. The van der Waals surface area contributed by atoms with Gasteiger partial charge in [-0.2, -0.15) is 0 Å². The van der Waals surface area contributed by atoms with E-state index in [4.69, 9.17) is 0 Å². The highest BCUT2D eigenvalue weighted by Gasteiger charge is 2.52. The third-order valence-corrected chi connectivity index (χ3v) is 11.0. The number of benzene rings is 8. The maximum absolute atomic E-state index is 2.40. The van der Waals surface area contributed by atoms with Gasteiger partial charge in [-0.1, -0.05) is 152 Å². The van der Waals surface area contributed by atoms with E-state index in [1.807, 2.05) is 0 Å². The molecule has 1 nitrogen and oxygen atoms in total. The van der Waals surface area contributed by atoms with Gasteiger partial charge in [0.25, 0.3) is 0 Å². The molecule has 2 aliphatic rings. The van der Waals surface area contributed by atoms with Crippen molar-refractivity contribution in [1.29, 1.82) is 0 Å². The minimum atomic E-state index is -0.374. The molecule has 0 saturated carbocycles. The third kappa shape index (κ3) is 3.16. The van der Waals surface area contributed by atoms with E-state index in [9.17, 15) is 0 Å². The van der Waals surface area contributed by atoms with Crippen LogP contribution >= 0.6 is 0 Å². The molecule has 222 valence electrons. The molecule has 0 amide bonds. The molecular formula is C47H29N. The predicted octanol–water partition coefficient (Wildman–Crippen LogP) is 11.9. The number of aromatic nitrogens is 1. The molecule has 1 spiro atoms. The van der Waals surface area contributed by atoms with Crippen LogP contribution in [0.4, 0.5) is 0 Å². The molecule has 9 aromatic rings. The zero-order chi connectivity index (χ0) is 31.4. The Morgan fingerprint density at radius 3 is 1.56 bits per heavy atom. The standard InChI is InChI=1S/C47H29N/c1-2-13-33-30(12-1)26-29-42-46(33)38-17-4-8-20-40(38)47(42)39-19-7-3-16-37(39)45-34(18-11-21-41(45)47)31-24-27-32(28-25-31)48-43-22-9-5-14-35(43)36-15-6-10-23-44(36)48/h1-29H. The number of rotatable bonds is 2. The lowest BCUT2D eigenvalue weighted by molar-refractivity contribution is 0.794. The molecule has 0 fully saturated rings. The molecule has 2 aliphatic carbocycles. The lowest BCUT2D eigenvalue weighted by Crippen LogP contribution is -2.25. The molecule has 0 saturated heterocycles. The predicted molar refractivity (Wildman–Crippen MR) is 200 cm³/mol. The first kappa shape index (κ1) is 25.9. The van der Waals surface area contributed by atoms with Gasteiger partial charge in [0.15, 0.2) is 0 Å². The first-order valence-electron chi connectivity index (χ1n) is 16.8. The maximum atomic E-state index is 2.40. The van der Waals surface area contributed by atoms with Crippen molar-refractivity contribution >= 4 is 32.6 Å². The van der Waals surface area contributed by atoms with E-state index in [1.54, 1.807) is 0 Å². The first-order valence-corrected chi connectivity index (χ1v) is 16.8. The van der Waals surface area contributed by atoms with E-state index in [-0.39, 0.29) is 5.41 Å². The summed E-state index contributed by atoms with van der Waals surface area (Å²) >= 11 is 0. The van der Waals surface area contributed by atoms with Crippen LogP contribution in [-0.2, 0) is 5.41 Å². The van der Waals surface area contributed by atoms with E-state index in [1.165, 1.54) is 93.9 Å². The molecule has 0 radical (unpaired) electrons. The monoisotopic (exact) mass is 607 g/mol. The molecule has 1 aromatic heterocycles. The fourth-order valence-corrected chi connectivity index (χ4v) is 9.19. The first-order chi connectivity index (χ1) is 23.8. The van der Waals surface area contributed by atoms with Crippen LogP contribution in [0.2, 0.25) is 0 Å². The van der Waals surface area contributed by atoms with Gasteiger partial charge < -0.3 is 4.57 Å². The Morgan fingerprint density at radius 2 is 0.854 bits per heavy atom. The van der Waals surface area contributed by atoms with Gasteiger partial charge in [-0.05, 0) is 90.7 Å². The summed E-state index contributed by atoms with van der Waals surface area (Å²) in [4.78, 5) is 0. The van der Waals surface area contributed by atoms with Crippen molar-refractivity contribution in [3.05, 3.63) is 198 Å². The minimum Gasteiger partial charge on any atom is -0.309 e. The zero-order valence-corrected chi connectivity index (χ0v) is 26.2. The van der Waals surface area contributed by atoms with Gasteiger partial charge in [0.2, 0.25) is 0 Å². The number of hydrogen-bond acceptors (Lipinski definition) is 0. The molecule has 0 aliphatic heterocycles. The topological polar surface area (TPSA) is 4.93 Å². The molecule has 1 atom stereocenters. The minimum absolute atomic E-state index is 0.374. The molecule has 1 heterocycles. The smallest absolute Gasteiger partial charge is 0.0725 e. The molecule has 8 aromatic carbocycles. The molecule has 0 N–H and O–H groups in total. The van der Waals surface area contributed by atoms with Crippen molar-refractivity contribution in [2.24, 2.45) is 0 Å². The van der Waals surface area contributed by atoms with E-state index in [0.29, 0.717) is 0 Å². The molecule has 1 heteroatoms. The van der Waals surface area contributed by atoms with Crippen LogP contribution in [0.3, 0.4) is 0 Å². The Bertz CT molecular complexity index is 2730. The maximum Gasteiger partial charge on any atom is 0.0725 e. The van der Waals surface area contributed by atoms with Crippen molar-refractivity contribution < 1.29 is 0 Å². The Labute approximate surface area is 279 Å². The van der Waals surface area contributed by atoms with Crippen LogP contribution in [0, 0.1) is 0 Å². The zero-order valence-electron chi connectivity index (χ0n) is 26.2. The number of para-hydroxylation sites is 2. The van der Waals surface area contributed by atoms with Crippen LogP contribution in [0.25, 0.3) is 71.6 Å². The van der Waals surface area contributed by atoms with Crippen molar-refractivity contribution in [2.45, 2.75) is 5.41 Å². The van der Waals surface area contributed by atoms with Gasteiger partial charge >= 0.3 is 0 Å². The van der Waals surface area contributed by atoms with Crippen molar-refractivity contribution in [3.8, 4) is 39.1 Å². The van der Waals surface area contributed by atoms with Crippen LogP contribution in [-0.4, -0.2) is 4.57 Å². The molecule has 11 rings (SSSR count). The van der Waals surface area contributed by atoms with Gasteiger partial charge in [0.1, 0.15) is 0 Å².